The zero-order valence-electron chi connectivity index (χ0n) is 16.1. The molecule has 154 valence electrons. The minimum Gasteiger partial charge on any atom is -0.378 e. The van der Waals surface area contributed by atoms with Crippen molar-refractivity contribution < 1.29 is 4.74 Å². The molecule has 10 heteroatoms. The highest BCUT2D eigenvalue weighted by molar-refractivity contribution is 7.19. The Morgan fingerprint density at radius 3 is 2.48 bits per heavy atom. The van der Waals surface area contributed by atoms with E-state index >= 15 is 0 Å². The first kappa shape index (κ1) is 19.6. The second-order valence-electron chi connectivity index (χ2n) is 7.32. The molecule has 2 aliphatic rings. The molecule has 0 amide bonds. The average Bonchev–Trinajstić information content (AvgIpc) is 3.39. The van der Waals surface area contributed by atoms with Gasteiger partial charge in [-0.05, 0) is 17.7 Å². The summed E-state index contributed by atoms with van der Waals surface area (Å²) in [5.74, 6) is 0.952. The molecule has 0 aromatic carbocycles. The third-order valence-corrected chi connectivity index (χ3v) is 7.41. The van der Waals surface area contributed by atoms with E-state index in [-0.39, 0.29) is 0 Å². The Morgan fingerprint density at radius 2 is 1.76 bits per heavy atom. The van der Waals surface area contributed by atoms with Crippen molar-refractivity contribution in [3.63, 3.8) is 0 Å². The molecule has 0 atom stereocenters. The zero-order chi connectivity index (χ0) is 19.6. The minimum atomic E-state index is 0.319. The lowest BCUT2D eigenvalue weighted by Gasteiger charge is -2.33. The van der Waals surface area contributed by atoms with Crippen LogP contribution in [0.3, 0.4) is 0 Å². The normalized spacial score (nSPS) is 19.3. The predicted octanol–water partition coefficient (Wildman–Crippen LogP) is 2.96. The molecule has 0 bridgehead atoms. The summed E-state index contributed by atoms with van der Waals surface area (Å²) in [6, 6.07) is 2.18. The largest absolute Gasteiger partial charge is 0.378 e. The van der Waals surface area contributed by atoms with E-state index in [4.69, 9.17) is 16.3 Å². The molecule has 3 aromatic heterocycles. The van der Waals surface area contributed by atoms with Crippen LogP contribution in [0.1, 0.15) is 9.88 Å². The molecule has 5 heterocycles. The fourth-order valence-electron chi connectivity index (χ4n) is 3.85. The van der Waals surface area contributed by atoms with E-state index in [9.17, 15) is 0 Å². The third kappa shape index (κ3) is 4.55. The summed E-state index contributed by atoms with van der Waals surface area (Å²) >= 11 is 9.75. The van der Waals surface area contributed by atoms with Crippen LogP contribution < -0.4 is 4.90 Å². The maximum atomic E-state index is 6.22. The molecule has 2 aliphatic heterocycles. The van der Waals surface area contributed by atoms with Crippen molar-refractivity contribution >= 4 is 50.3 Å². The molecule has 2 saturated heterocycles. The van der Waals surface area contributed by atoms with E-state index < -0.39 is 0 Å². The number of rotatable bonds is 5. The smallest absolute Gasteiger partial charge is 0.224 e. The number of hydrogen-bond acceptors (Lipinski definition) is 9. The van der Waals surface area contributed by atoms with E-state index in [1.165, 1.54) is 9.88 Å². The standard InChI is InChI=1S/C19H23ClN6OS2/c20-19-22-15-11-14(29-17(15)18(23-19)26-6-8-27-9-7-26)12-24-2-4-25(5-3-24)13-16-21-1-10-28-16/h1,10-11H,2-9,12-13H2. The first-order valence-electron chi connectivity index (χ1n) is 9.86. The van der Waals surface area contributed by atoms with Gasteiger partial charge in [-0.25, -0.2) is 9.97 Å². The first-order chi connectivity index (χ1) is 14.2. The molecule has 0 unspecified atom stereocenters. The maximum Gasteiger partial charge on any atom is 0.224 e. The van der Waals surface area contributed by atoms with Crippen LogP contribution in [0.2, 0.25) is 5.28 Å². The van der Waals surface area contributed by atoms with Gasteiger partial charge < -0.3 is 9.64 Å². The predicted molar refractivity (Wildman–Crippen MR) is 118 cm³/mol. The number of anilines is 1. The van der Waals surface area contributed by atoms with Crippen molar-refractivity contribution in [1.29, 1.82) is 0 Å². The quantitative estimate of drug-likeness (QED) is 0.554. The Balaban J connectivity index is 1.26. The van der Waals surface area contributed by atoms with Crippen LogP contribution in [0.5, 0.6) is 0 Å². The molecule has 5 rings (SSSR count). The van der Waals surface area contributed by atoms with Crippen LogP contribution in [-0.2, 0) is 17.8 Å². The summed E-state index contributed by atoms with van der Waals surface area (Å²) in [4.78, 5) is 22.0. The van der Waals surface area contributed by atoms with Gasteiger partial charge in [-0.3, -0.25) is 9.80 Å². The number of aromatic nitrogens is 3. The number of piperazine rings is 1. The summed E-state index contributed by atoms with van der Waals surface area (Å²) in [7, 11) is 0. The molecule has 2 fully saturated rings. The van der Waals surface area contributed by atoms with E-state index in [2.05, 4.69) is 35.7 Å². The highest BCUT2D eigenvalue weighted by atomic mass is 35.5. The number of hydrogen-bond donors (Lipinski definition) is 0. The van der Waals surface area contributed by atoms with Gasteiger partial charge in [-0.15, -0.1) is 22.7 Å². The Kier molecular flexibility index (Phi) is 5.94. The topological polar surface area (TPSA) is 57.6 Å². The van der Waals surface area contributed by atoms with E-state index in [0.717, 1.165) is 81.6 Å². The van der Waals surface area contributed by atoms with Crippen LogP contribution in [0.4, 0.5) is 5.82 Å². The lowest BCUT2D eigenvalue weighted by Crippen LogP contribution is -2.45. The second-order valence-corrected chi connectivity index (χ2v) is 9.77. The van der Waals surface area contributed by atoms with Crippen LogP contribution >= 0.6 is 34.3 Å². The Hall–Kier alpha value is -1.36. The molecule has 0 N–H and O–H groups in total. The summed E-state index contributed by atoms with van der Waals surface area (Å²) in [6.45, 7) is 9.36. The summed E-state index contributed by atoms with van der Waals surface area (Å²) in [6.07, 6.45) is 1.89. The highest BCUT2D eigenvalue weighted by Crippen LogP contribution is 2.34. The zero-order valence-corrected chi connectivity index (χ0v) is 18.5. The summed E-state index contributed by atoms with van der Waals surface area (Å²) < 4.78 is 6.62. The fourth-order valence-corrected chi connectivity index (χ4v) is 5.84. The Bertz CT molecular complexity index is 951. The van der Waals surface area contributed by atoms with Gasteiger partial charge in [0.25, 0.3) is 0 Å². The molecule has 29 heavy (non-hydrogen) atoms. The molecular formula is C19H23ClN6OS2. The number of nitrogens with zero attached hydrogens (tertiary/aromatic N) is 6. The Labute approximate surface area is 182 Å². The molecule has 0 aliphatic carbocycles. The second kappa shape index (κ2) is 8.79. The van der Waals surface area contributed by atoms with E-state index in [0.29, 0.717) is 5.28 Å². The number of thiophene rings is 1. The summed E-state index contributed by atoms with van der Waals surface area (Å²) in [5.41, 5.74) is 0.953. The van der Waals surface area contributed by atoms with Crippen molar-refractivity contribution in [2.75, 3.05) is 57.4 Å². The van der Waals surface area contributed by atoms with Gasteiger partial charge in [-0.1, -0.05) is 0 Å². The number of fused-ring (bicyclic) bond motifs is 1. The molecular weight excluding hydrogens is 428 g/mol. The van der Waals surface area contributed by atoms with Gasteiger partial charge in [0.2, 0.25) is 5.28 Å². The van der Waals surface area contributed by atoms with Crippen LogP contribution in [0.25, 0.3) is 10.2 Å². The highest BCUT2D eigenvalue weighted by Gasteiger charge is 2.22. The van der Waals surface area contributed by atoms with Crippen molar-refractivity contribution in [2.24, 2.45) is 0 Å². The van der Waals surface area contributed by atoms with Crippen LogP contribution in [-0.4, -0.2) is 77.2 Å². The van der Waals surface area contributed by atoms with Gasteiger partial charge in [0.05, 0.1) is 30.0 Å². The van der Waals surface area contributed by atoms with Gasteiger partial charge in [0.1, 0.15) is 5.01 Å². The SMILES string of the molecule is Clc1nc(N2CCOCC2)c2sc(CN3CCN(Cc4nccs4)CC3)cc2n1. The molecule has 0 saturated carbocycles. The monoisotopic (exact) mass is 450 g/mol. The third-order valence-electron chi connectivity index (χ3n) is 5.37. The molecule has 0 radical (unpaired) electrons. The van der Waals surface area contributed by atoms with Crippen LogP contribution in [0, 0.1) is 0 Å². The average molecular weight is 451 g/mol. The van der Waals surface area contributed by atoms with Crippen molar-refractivity contribution in [3.05, 3.63) is 32.8 Å². The molecule has 0 spiro atoms. The molecule has 7 nitrogen and oxygen atoms in total. The lowest BCUT2D eigenvalue weighted by atomic mass is 10.3. The van der Waals surface area contributed by atoms with Crippen molar-refractivity contribution in [3.8, 4) is 0 Å². The number of morpholine rings is 1. The number of thiazole rings is 1. The summed E-state index contributed by atoms with van der Waals surface area (Å²) in [5, 5.41) is 3.57. The number of ether oxygens (including phenoxy) is 1. The van der Waals surface area contributed by atoms with Gasteiger partial charge in [-0.2, -0.15) is 4.98 Å². The van der Waals surface area contributed by atoms with E-state index in [1.54, 1.807) is 22.7 Å². The van der Waals surface area contributed by atoms with E-state index in [1.807, 2.05) is 11.6 Å². The maximum absolute atomic E-state index is 6.22. The fraction of sp³-hybridized carbons (Fsp3) is 0.526. The lowest BCUT2D eigenvalue weighted by molar-refractivity contribution is 0.122. The first-order valence-corrected chi connectivity index (χ1v) is 11.9. The molecule has 3 aromatic rings. The van der Waals surface area contributed by atoms with Crippen molar-refractivity contribution in [2.45, 2.75) is 13.1 Å². The van der Waals surface area contributed by atoms with Gasteiger partial charge in [0, 0.05) is 62.3 Å². The van der Waals surface area contributed by atoms with Crippen molar-refractivity contribution in [1.82, 2.24) is 24.8 Å². The van der Waals surface area contributed by atoms with Gasteiger partial charge in [0.15, 0.2) is 5.82 Å². The Morgan fingerprint density at radius 1 is 1.00 bits per heavy atom. The van der Waals surface area contributed by atoms with Gasteiger partial charge >= 0.3 is 0 Å². The number of halogens is 1. The minimum absolute atomic E-state index is 0.319. The van der Waals surface area contributed by atoms with Crippen LogP contribution in [0.15, 0.2) is 17.6 Å².